The van der Waals surface area contributed by atoms with Crippen LogP contribution >= 0.6 is 23.2 Å². The average Bonchev–Trinajstić information content (AvgIpc) is 2.77. The van der Waals surface area contributed by atoms with E-state index in [0.29, 0.717) is 6.54 Å². The number of hydrogen-bond donors (Lipinski definition) is 1. The largest absolute Gasteiger partial charge is 0.336 e. The van der Waals surface area contributed by atoms with Gasteiger partial charge in [0.05, 0.1) is 11.9 Å². The summed E-state index contributed by atoms with van der Waals surface area (Å²) in [6, 6.07) is 0. The quantitative estimate of drug-likeness (QED) is 0.808. The molecule has 17 heavy (non-hydrogen) atoms. The van der Waals surface area contributed by atoms with Crippen LogP contribution in [0.2, 0.25) is 0 Å². The zero-order valence-electron chi connectivity index (χ0n) is 9.65. The van der Waals surface area contributed by atoms with Crippen LogP contribution < -0.4 is 4.72 Å². The maximum atomic E-state index is 12.0. The van der Waals surface area contributed by atoms with Crippen LogP contribution in [0.15, 0.2) is 17.6 Å². The monoisotopic (exact) mass is 299 g/mol. The molecule has 5 nitrogen and oxygen atoms in total. The molecule has 0 spiro atoms. The van der Waals surface area contributed by atoms with E-state index in [4.69, 9.17) is 23.2 Å². The molecule has 1 N–H and O–H groups in total. The summed E-state index contributed by atoms with van der Waals surface area (Å²) in [6.07, 6.45) is 2.93. The normalized spacial score (nSPS) is 12.9. The van der Waals surface area contributed by atoms with E-state index in [2.05, 4.69) is 9.71 Å². The summed E-state index contributed by atoms with van der Waals surface area (Å²) in [7, 11) is -3.68. The lowest BCUT2D eigenvalue weighted by Crippen LogP contribution is -2.49. The molecule has 1 aromatic heterocycles. The molecule has 0 aliphatic rings. The van der Waals surface area contributed by atoms with E-state index in [-0.39, 0.29) is 16.8 Å². The molecule has 0 amide bonds. The third kappa shape index (κ3) is 3.58. The minimum Gasteiger partial charge on any atom is -0.336 e. The van der Waals surface area contributed by atoms with Gasteiger partial charge in [-0.1, -0.05) is 0 Å². The van der Waals surface area contributed by atoms with Crippen LogP contribution in [0.4, 0.5) is 0 Å². The Hall–Kier alpha value is -0.300. The van der Waals surface area contributed by atoms with E-state index in [0.717, 1.165) is 0 Å². The molecule has 0 fully saturated rings. The van der Waals surface area contributed by atoms with Crippen LogP contribution in [-0.2, 0) is 16.6 Å². The minimum absolute atomic E-state index is 0.0270. The molecule has 0 atom stereocenters. The number of hydrogen-bond acceptors (Lipinski definition) is 3. The van der Waals surface area contributed by atoms with Crippen molar-refractivity contribution in [2.24, 2.45) is 0 Å². The van der Waals surface area contributed by atoms with Crippen molar-refractivity contribution in [3.63, 3.8) is 0 Å². The van der Waals surface area contributed by atoms with Crippen molar-refractivity contribution in [1.29, 1.82) is 0 Å². The Bertz CT molecular complexity index is 468. The average molecular weight is 300 g/mol. The predicted molar refractivity (Wildman–Crippen MR) is 68.1 cm³/mol. The third-order valence-corrected chi connectivity index (χ3v) is 4.92. The molecule has 0 bridgehead atoms. The summed E-state index contributed by atoms with van der Waals surface area (Å²) >= 11 is 11.4. The Morgan fingerprint density at radius 3 is 2.47 bits per heavy atom. The highest BCUT2D eigenvalue weighted by Gasteiger charge is 2.30. The van der Waals surface area contributed by atoms with E-state index in [1.54, 1.807) is 11.5 Å². The van der Waals surface area contributed by atoms with Gasteiger partial charge in [0, 0.05) is 24.5 Å². The van der Waals surface area contributed by atoms with E-state index in [1.165, 1.54) is 12.5 Å². The van der Waals surface area contributed by atoms with Gasteiger partial charge >= 0.3 is 0 Å². The third-order valence-electron chi connectivity index (χ3n) is 2.22. The molecule has 0 aliphatic heterocycles. The van der Waals surface area contributed by atoms with Gasteiger partial charge in [0.1, 0.15) is 0 Å². The highest BCUT2D eigenvalue weighted by molar-refractivity contribution is 7.89. The molecular weight excluding hydrogens is 285 g/mol. The van der Waals surface area contributed by atoms with Crippen LogP contribution in [0.3, 0.4) is 0 Å². The lowest BCUT2D eigenvalue weighted by atomic mass is 10.1. The first-order valence-electron chi connectivity index (χ1n) is 5.04. The lowest BCUT2D eigenvalue weighted by Gasteiger charge is -2.24. The van der Waals surface area contributed by atoms with Crippen LogP contribution in [0, 0.1) is 0 Å². The van der Waals surface area contributed by atoms with Crippen LogP contribution in [0.1, 0.15) is 13.8 Å². The summed E-state index contributed by atoms with van der Waals surface area (Å²) in [5, 5.41) is -0.0270. The van der Waals surface area contributed by atoms with Gasteiger partial charge in [-0.05, 0) is 13.8 Å². The second kappa shape index (κ2) is 5.56. The molecule has 0 unspecified atom stereocenters. The van der Waals surface area contributed by atoms with E-state index < -0.39 is 15.6 Å². The first-order chi connectivity index (χ1) is 7.87. The topological polar surface area (TPSA) is 64.0 Å². The van der Waals surface area contributed by atoms with Crippen molar-refractivity contribution in [3.8, 4) is 0 Å². The van der Waals surface area contributed by atoms with Gasteiger partial charge in [-0.3, -0.25) is 0 Å². The molecule has 1 heterocycles. The molecule has 0 aliphatic carbocycles. The summed E-state index contributed by atoms with van der Waals surface area (Å²) in [5.74, 6) is 0.175. The predicted octanol–water partition coefficient (Wildman–Crippen LogP) is 1.42. The SMILES string of the molecule is CCn1cnc(S(=O)(=O)NC(C)(CCl)CCl)c1. The molecule has 8 heteroatoms. The van der Waals surface area contributed by atoms with Crippen molar-refractivity contribution < 1.29 is 8.42 Å². The number of nitrogens with one attached hydrogen (secondary N) is 1. The number of sulfonamides is 1. The van der Waals surface area contributed by atoms with E-state index >= 15 is 0 Å². The molecule has 0 saturated carbocycles. The highest BCUT2D eigenvalue weighted by Crippen LogP contribution is 2.14. The Morgan fingerprint density at radius 2 is 2.06 bits per heavy atom. The maximum absolute atomic E-state index is 12.0. The summed E-state index contributed by atoms with van der Waals surface area (Å²) in [4.78, 5) is 3.84. The number of nitrogens with zero attached hydrogens (tertiary/aromatic N) is 2. The fraction of sp³-hybridized carbons (Fsp3) is 0.667. The zero-order valence-corrected chi connectivity index (χ0v) is 12.0. The van der Waals surface area contributed by atoms with E-state index in [1.807, 2.05) is 6.92 Å². The van der Waals surface area contributed by atoms with Gasteiger partial charge in [-0.25, -0.2) is 18.1 Å². The van der Waals surface area contributed by atoms with Gasteiger partial charge in [-0.2, -0.15) is 0 Å². The second-order valence-corrected chi connectivity index (χ2v) is 6.14. The number of alkyl halides is 2. The molecule has 1 aromatic rings. The second-order valence-electron chi connectivity index (χ2n) is 3.98. The smallest absolute Gasteiger partial charge is 0.260 e. The number of aromatic nitrogens is 2. The molecule has 1 rings (SSSR count). The van der Waals surface area contributed by atoms with Crippen molar-refractivity contribution in [3.05, 3.63) is 12.5 Å². The van der Waals surface area contributed by atoms with Crippen LogP contribution in [-0.4, -0.2) is 35.3 Å². The van der Waals surface area contributed by atoms with Gasteiger partial charge < -0.3 is 4.57 Å². The highest BCUT2D eigenvalue weighted by atomic mass is 35.5. The first kappa shape index (κ1) is 14.8. The summed E-state index contributed by atoms with van der Waals surface area (Å²) < 4.78 is 28.1. The number of aryl methyl sites for hydroxylation is 1. The van der Waals surface area contributed by atoms with Crippen molar-refractivity contribution >= 4 is 33.2 Å². The minimum atomic E-state index is -3.68. The number of halogens is 2. The fourth-order valence-corrected chi connectivity index (χ4v) is 3.05. The van der Waals surface area contributed by atoms with Crippen molar-refractivity contribution in [2.75, 3.05) is 11.8 Å². The summed E-state index contributed by atoms with van der Waals surface area (Å²) in [6.45, 7) is 4.19. The van der Waals surface area contributed by atoms with Crippen LogP contribution in [0.5, 0.6) is 0 Å². The van der Waals surface area contributed by atoms with Gasteiger partial charge in [0.15, 0.2) is 5.03 Å². The van der Waals surface area contributed by atoms with Crippen molar-refractivity contribution in [2.45, 2.75) is 31.0 Å². The molecule has 0 aromatic carbocycles. The molecule has 0 saturated heterocycles. The Morgan fingerprint density at radius 1 is 1.47 bits per heavy atom. The van der Waals surface area contributed by atoms with Gasteiger partial charge in [0.25, 0.3) is 10.0 Å². The molecular formula is C9H15Cl2N3O2S. The number of rotatable bonds is 6. The Kier molecular flexibility index (Phi) is 4.83. The number of imidazole rings is 1. The lowest BCUT2D eigenvalue weighted by molar-refractivity contribution is 0.498. The first-order valence-corrected chi connectivity index (χ1v) is 7.60. The molecule has 98 valence electrons. The Labute approximate surface area is 111 Å². The van der Waals surface area contributed by atoms with Gasteiger partial charge in [-0.15, -0.1) is 23.2 Å². The maximum Gasteiger partial charge on any atom is 0.260 e. The van der Waals surface area contributed by atoms with Gasteiger partial charge in [0.2, 0.25) is 0 Å². The van der Waals surface area contributed by atoms with E-state index in [9.17, 15) is 8.42 Å². The fourth-order valence-electron chi connectivity index (χ4n) is 1.12. The molecule has 0 radical (unpaired) electrons. The standard InChI is InChI=1S/C9H15Cl2N3O2S/c1-3-14-4-8(12-7-14)17(15,16)13-9(2,5-10)6-11/h4,7,13H,3,5-6H2,1-2H3. The van der Waals surface area contributed by atoms with Crippen LogP contribution in [0.25, 0.3) is 0 Å². The van der Waals surface area contributed by atoms with Crippen molar-refractivity contribution in [1.82, 2.24) is 14.3 Å². The summed E-state index contributed by atoms with van der Waals surface area (Å²) in [5.41, 5.74) is -0.877. The Balaban J connectivity index is 2.96. The zero-order chi connectivity index (χ0) is 13.1.